The number of rotatable bonds is 5. The first-order chi connectivity index (χ1) is 21.1. The first-order valence-electron chi connectivity index (χ1n) is 14.6. The highest BCUT2D eigenvalue weighted by atomic mass is 35.5. The molecule has 4 atom stereocenters. The van der Waals surface area contributed by atoms with E-state index in [9.17, 15) is 17.6 Å². The van der Waals surface area contributed by atoms with Crippen molar-refractivity contribution in [2.24, 2.45) is 0 Å². The van der Waals surface area contributed by atoms with Crippen molar-refractivity contribution in [2.45, 2.75) is 68.5 Å². The molecule has 8 nitrogen and oxygen atoms in total. The smallest absolute Gasteiger partial charge is 0.418 e. The van der Waals surface area contributed by atoms with E-state index in [1.807, 2.05) is 4.90 Å². The Bertz CT molecular complexity index is 1690. The molecular formula is C29H29ClF7N7O. The van der Waals surface area contributed by atoms with E-state index in [-0.39, 0.29) is 74.1 Å². The number of benzene rings is 1. The molecule has 0 saturated carbocycles. The van der Waals surface area contributed by atoms with E-state index in [1.54, 1.807) is 0 Å². The number of nitrogen functional groups attached to an aromatic ring is 1. The van der Waals surface area contributed by atoms with Crippen LogP contribution >= 0.6 is 11.6 Å². The standard InChI is InChI=1S/C29H29ClF7N7O/c1-14-7-18(38)39-23(20(14)29(35,36)37)19-17(30)8-16-22(21(19)32)40-25(45-13-26-3-2-6-44(26)10-15(31)9-26)41-24(16)43-11-27(33)4-5-28(34,12-43)42-27/h7-8,15,42H,2-6,9-13H2,1H3,(H2,38,39)/t15-,26+,27?,28?/m1/s1. The molecule has 0 radical (unpaired) electrons. The molecule has 242 valence electrons. The minimum Gasteiger partial charge on any atom is -0.461 e. The highest BCUT2D eigenvalue weighted by Gasteiger charge is 2.55. The number of fused-ring (bicyclic) bond motifs is 4. The Balaban J connectivity index is 1.40. The number of nitrogens with one attached hydrogen (secondary N) is 1. The topological polar surface area (TPSA) is 92.4 Å². The summed E-state index contributed by atoms with van der Waals surface area (Å²) >= 11 is 6.47. The van der Waals surface area contributed by atoms with Gasteiger partial charge in [-0.1, -0.05) is 11.6 Å². The van der Waals surface area contributed by atoms with Crippen LogP contribution in [0.3, 0.4) is 0 Å². The van der Waals surface area contributed by atoms with E-state index in [0.717, 1.165) is 18.6 Å². The molecule has 4 fully saturated rings. The summed E-state index contributed by atoms with van der Waals surface area (Å²) in [7, 11) is 0. The zero-order valence-electron chi connectivity index (χ0n) is 24.0. The number of aryl methyl sites for hydroxylation is 1. The van der Waals surface area contributed by atoms with Gasteiger partial charge in [0.15, 0.2) is 17.4 Å². The predicted octanol–water partition coefficient (Wildman–Crippen LogP) is 5.88. The first-order valence-corrected chi connectivity index (χ1v) is 15.0. The van der Waals surface area contributed by atoms with Crippen LogP contribution in [0.4, 0.5) is 42.4 Å². The molecule has 3 N–H and O–H groups in total. The number of hydrogen-bond acceptors (Lipinski definition) is 8. The van der Waals surface area contributed by atoms with Gasteiger partial charge in [0.05, 0.1) is 40.5 Å². The second-order valence-electron chi connectivity index (χ2n) is 12.6. The molecular weight excluding hydrogens is 631 g/mol. The lowest BCUT2D eigenvalue weighted by Crippen LogP contribution is -2.62. The lowest BCUT2D eigenvalue weighted by Gasteiger charge is -2.40. The van der Waals surface area contributed by atoms with Crippen LogP contribution in [0, 0.1) is 12.7 Å². The van der Waals surface area contributed by atoms with Gasteiger partial charge < -0.3 is 15.4 Å². The van der Waals surface area contributed by atoms with Crippen molar-refractivity contribution in [1.29, 1.82) is 0 Å². The normalized spacial score (nSPS) is 30.0. The van der Waals surface area contributed by atoms with Crippen LogP contribution < -0.4 is 20.7 Å². The van der Waals surface area contributed by atoms with Crippen LogP contribution in [0.2, 0.25) is 5.02 Å². The van der Waals surface area contributed by atoms with Crippen LogP contribution in [-0.4, -0.2) is 75.9 Å². The summed E-state index contributed by atoms with van der Waals surface area (Å²) in [6.45, 7) is 1.32. The third kappa shape index (κ3) is 5.10. The number of piperazine rings is 1. The van der Waals surface area contributed by atoms with E-state index in [1.165, 1.54) is 11.8 Å². The Morgan fingerprint density at radius 1 is 1.11 bits per heavy atom. The molecule has 16 heteroatoms. The molecule has 0 amide bonds. The SMILES string of the molecule is Cc1cc(N)nc(-c2c(Cl)cc3c(N4CC5(F)CCC(F)(C4)N5)nc(OC[C@@]45CCCN4C[C@H](F)C5)nc3c2F)c1C(F)(F)F. The number of ether oxygens (including phenoxy) is 1. The summed E-state index contributed by atoms with van der Waals surface area (Å²) in [5.41, 5.74) is 1.57. The van der Waals surface area contributed by atoms with Gasteiger partial charge in [0, 0.05) is 31.2 Å². The molecule has 4 saturated heterocycles. The zero-order chi connectivity index (χ0) is 32.1. The fourth-order valence-corrected chi connectivity index (χ4v) is 7.82. The van der Waals surface area contributed by atoms with Gasteiger partial charge in [0.25, 0.3) is 0 Å². The number of hydrogen-bond donors (Lipinski definition) is 2. The monoisotopic (exact) mass is 659 g/mol. The Morgan fingerprint density at radius 3 is 2.51 bits per heavy atom. The minimum atomic E-state index is -4.94. The van der Waals surface area contributed by atoms with Crippen molar-refractivity contribution in [3.05, 3.63) is 34.1 Å². The summed E-state index contributed by atoms with van der Waals surface area (Å²) in [6, 6.07) is 1.78. The van der Waals surface area contributed by atoms with Gasteiger partial charge in [-0.2, -0.15) is 23.1 Å². The van der Waals surface area contributed by atoms with Gasteiger partial charge in [0.1, 0.15) is 29.9 Å². The Hall–Kier alpha value is -3.17. The molecule has 4 aliphatic rings. The highest BCUT2D eigenvalue weighted by molar-refractivity contribution is 6.34. The number of alkyl halides is 6. The number of nitrogens with two attached hydrogens (primary N) is 1. The lowest BCUT2D eigenvalue weighted by atomic mass is 9.95. The van der Waals surface area contributed by atoms with E-state index < -0.39 is 62.6 Å². The largest absolute Gasteiger partial charge is 0.461 e. The average molecular weight is 660 g/mol. The van der Waals surface area contributed by atoms with Crippen molar-refractivity contribution < 1.29 is 35.5 Å². The maximum Gasteiger partial charge on any atom is 0.418 e. The summed E-state index contributed by atoms with van der Waals surface area (Å²) in [6.07, 6.45) is -4.54. The first kappa shape index (κ1) is 30.5. The number of nitrogens with zero attached hydrogens (tertiary/aromatic N) is 5. The lowest BCUT2D eigenvalue weighted by molar-refractivity contribution is -0.137. The molecule has 2 unspecified atom stereocenters. The van der Waals surface area contributed by atoms with Gasteiger partial charge >= 0.3 is 12.2 Å². The average Bonchev–Trinajstić information content (AvgIpc) is 3.52. The molecule has 2 bridgehead atoms. The number of pyridine rings is 1. The Morgan fingerprint density at radius 2 is 1.82 bits per heavy atom. The van der Waals surface area contributed by atoms with Gasteiger partial charge in [-0.25, -0.2) is 27.9 Å². The van der Waals surface area contributed by atoms with Crippen LogP contribution in [0.5, 0.6) is 6.01 Å². The fourth-order valence-electron chi connectivity index (χ4n) is 7.54. The van der Waals surface area contributed by atoms with E-state index in [0.29, 0.717) is 13.0 Å². The van der Waals surface area contributed by atoms with Gasteiger partial charge in [-0.3, -0.25) is 4.90 Å². The maximum absolute atomic E-state index is 16.6. The molecule has 7 rings (SSSR count). The van der Waals surface area contributed by atoms with Crippen LogP contribution in [-0.2, 0) is 6.18 Å². The summed E-state index contributed by atoms with van der Waals surface area (Å²) in [4.78, 5) is 15.7. The third-order valence-electron chi connectivity index (χ3n) is 9.38. The van der Waals surface area contributed by atoms with Gasteiger partial charge in [-0.15, -0.1) is 0 Å². The second kappa shape index (κ2) is 10.2. The molecule has 1 aromatic carbocycles. The predicted molar refractivity (Wildman–Crippen MR) is 153 cm³/mol. The number of aromatic nitrogens is 3. The van der Waals surface area contributed by atoms with Crippen molar-refractivity contribution in [2.75, 3.05) is 43.4 Å². The third-order valence-corrected chi connectivity index (χ3v) is 9.68. The summed E-state index contributed by atoms with van der Waals surface area (Å²) < 4.78 is 111. The molecule has 2 aromatic heterocycles. The fraction of sp³-hybridized carbons (Fsp3) is 0.552. The van der Waals surface area contributed by atoms with Crippen molar-refractivity contribution in [1.82, 2.24) is 25.2 Å². The van der Waals surface area contributed by atoms with Crippen LogP contribution in [0.25, 0.3) is 22.2 Å². The Labute approximate surface area is 258 Å². The highest BCUT2D eigenvalue weighted by Crippen LogP contribution is 2.47. The van der Waals surface area contributed by atoms with Crippen molar-refractivity contribution in [3.8, 4) is 17.3 Å². The molecule has 0 spiro atoms. The summed E-state index contributed by atoms with van der Waals surface area (Å²) in [5.74, 6) is -5.90. The molecule has 3 aromatic rings. The zero-order valence-corrected chi connectivity index (χ0v) is 24.8. The molecule has 45 heavy (non-hydrogen) atoms. The number of anilines is 2. The molecule has 4 aliphatic heterocycles. The van der Waals surface area contributed by atoms with Crippen LogP contribution in [0.1, 0.15) is 43.2 Å². The quantitative estimate of drug-likeness (QED) is 0.259. The van der Waals surface area contributed by atoms with Gasteiger partial charge in [-0.05, 0) is 44.0 Å². The number of halogens is 8. The van der Waals surface area contributed by atoms with Gasteiger partial charge in [0.2, 0.25) is 0 Å². The minimum absolute atomic E-state index is 0.0454. The van der Waals surface area contributed by atoms with E-state index >= 15 is 13.2 Å². The van der Waals surface area contributed by atoms with Crippen LogP contribution in [0.15, 0.2) is 12.1 Å². The van der Waals surface area contributed by atoms with E-state index in [4.69, 9.17) is 22.1 Å². The summed E-state index contributed by atoms with van der Waals surface area (Å²) in [5, 5.41) is 1.80. The maximum atomic E-state index is 16.6. The van der Waals surface area contributed by atoms with Crippen molar-refractivity contribution >= 4 is 34.1 Å². The van der Waals surface area contributed by atoms with E-state index in [2.05, 4.69) is 20.3 Å². The van der Waals surface area contributed by atoms with Crippen molar-refractivity contribution in [3.63, 3.8) is 0 Å². The second-order valence-corrected chi connectivity index (χ2v) is 13.0. The molecule has 0 aliphatic carbocycles. The molecule has 6 heterocycles. The Kier molecular flexibility index (Phi) is 6.88.